The Balaban J connectivity index is 1.27. The highest BCUT2D eigenvalue weighted by molar-refractivity contribution is 6.22. The summed E-state index contributed by atoms with van der Waals surface area (Å²) in [5.41, 5.74) is 1.95. The fourth-order valence-electron chi connectivity index (χ4n) is 5.31. The van der Waals surface area contributed by atoms with E-state index in [1.165, 1.54) is 14.2 Å². The molecule has 40 heavy (non-hydrogen) atoms. The molecule has 2 aliphatic rings. The van der Waals surface area contributed by atoms with Gasteiger partial charge in [-0.15, -0.1) is 0 Å². The highest BCUT2D eigenvalue weighted by atomic mass is 16.5. The smallest absolute Gasteiger partial charge is 0.262 e. The number of piperidine rings is 1. The van der Waals surface area contributed by atoms with Gasteiger partial charge < -0.3 is 19.7 Å². The van der Waals surface area contributed by atoms with Gasteiger partial charge in [0.05, 0.1) is 25.3 Å². The Morgan fingerprint density at radius 2 is 1.45 bits per heavy atom. The predicted molar refractivity (Wildman–Crippen MR) is 147 cm³/mol. The van der Waals surface area contributed by atoms with E-state index in [9.17, 15) is 19.2 Å². The zero-order chi connectivity index (χ0) is 28.2. The van der Waals surface area contributed by atoms with Crippen LogP contribution >= 0.6 is 0 Å². The van der Waals surface area contributed by atoms with Gasteiger partial charge in [0.1, 0.15) is 6.04 Å². The molecule has 1 unspecified atom stereocenters. The molecular weight excluding hydrogens is 510 g/mol. The van der Waals surface area contributed by atoms with Crippen molar-refractivity contribution >= 4 is 23.6 Å². The first-order valence-electron chi connectivity index (χ1n) is 13.2. The SMILES string of the molecule is COc1ccc(C(=O)N2CCC(NC(=O)C(Cc3ccccc3)N3C(=O)c4ccccc4C3=O)CC2)cc1OC. The molecule has 206 valence electrons. The predicted octanol–water partition coefficient (Wildman–Crippen LogP) is 3.33. The summed E-state index contributed by atoms with van der Waals surface area (Å²) in [6, 6.07) is 19.8. The number of nitrogens with one attached hydrogen (secondary N) is 1. The van der Waals surface area contributed by atoms with Crippen molar-refractivity contribution < 1.29 is 28.7 Å². The van der Waals surface area contributed by atoms with E-state index in [-0.39, 0.29) is 24.3 Å². The Morgan fingerprint density at radius 3 is 2.05 bits per heavy atom. The molecule has 9 heteroatoms. The molecule has 0 aromatic heterocycles. The molecule has 1 atom stereocenters. The summed E-state index contributed by atoms with van der Waals surface area (Å²) < 4.78 is 10.6. The number of rotatable bonds is 8. The van der Waals surface area contributed by atoms with Gasteiger partial charge in [-0.2, -0.15) is 0 Å². The third-order valence-corrected chi connectivity index (χ3v) is 7.47. The lowest BCUT2D eigenvalue weighted by atomic mass is 10.0. The van der Waals surface area contributed by atoms with Crippen LogP contribution in [0, 0.1) is 0 Å². The van der Waals surface area contributed by atoms with Crippen molar-refractivity contribution in [3.05, 3.63) is 95.1 Å². The fraction of sp³-hybridized carbons (Fsp3) is 0.290. The fourth-order valence-corrected chi connectivity index (χ4v) is 5.31. The van der Waals surface area contributed by atoms with Crippen LogP contribution in [0.4, 0.5) is 0 Å². The third kappa shape index (κ3) is 5.27. The highest BCUT2D eigenvalue weighted by Crippen LogP contribution is 2.29. The molecule has 0 spiro atoms. The standard InChI is InChI=1S/C31H31N3O6/c1-39-26-13-12-21(19-27(26)40-2)29(36)33-16-14-22(15-17-33)32-28(35)25(18-20-8-4-3-5-9-20)34-30(37)23-10-6-7-11-24(23)31(34)38/h3-13,19,22,25H,14-18H2,1-2H3,(H,32,35). The lowest BCUT2D eigenvalue weighted by Gasteiger charge is -2.34. The maximum Gasteiger partial charge on any atom is 0.262 e. The molecule has 4 amide bonds. The number of methoxy groups -OCH3 is 2. The van der Waals surface area contributed by atoms with Gasteiger partial charge >= 0.3 is 0 Å². The van der Waals surface area contributed by atoms with Crippen LogP contribution in [0.2, 0.25) is 0 Å². The lowest BCUT2D eigenvalue weighted by Crippen LogP contribution is -2.54. The van der Waals surface area contributed by atoms with Crippen LogP contribution in [-0.4, -0.2) is 72.8 Å². The summed E-state index contributed by atoms with van der Waals surface area (Å²) >= 11 is 0. The van der Waals surface area contributed by atoms with Crippen molar-refractivity contribution in [1.82, 2.24) is 15.1 Å². The number of amides is 4. The van der Waals surface area contributed by atoms with Crippen LogP contribution in [0.3, 0.4) is 0 Å². The Morgan fingerprint density at radius 1 is 0.850 bits per heavy atom. The highest BCUT2D eigenvalue weighted by Gasteiger charge is 2.43. The lowest BCUT2D eigenvalue weighted by molar-refractivity contribution is -0.126. The molecule has 2 heterocycles. The third-order valence-electron chi connectivity index (χ3n) is 7.47. The zero-order valence-corrected chi connectivity index (χ0v) is 22.5. The van der Waals surface area contributed by atoms with E-state index >= 15 is 0 Å². The summed E-state index contributed by atoms with van der Waals surface area (Å²) in [6.07, 6.45) is 1.30. The number of ether oxygens (including phenoxy) is 2. The summed E-state index contributed by atoms with van der Waals surface area (Å²) in [6.45, 7) is 0.906. The number of benzene rings is 3. The Bertz CT molecular complexity index is 1400. The number of likely N-dealkylation sites (tertiary alicyclic amines) is 1. The molecule has 3 aromatic rings. The number of hydrogen-bond donors (Lipinski definition) is 1. The first-order valence-corrected chi connectivity index (χ1v) is 13.2. The van der Waals surface area contributed by atoms with E-state index in [0.717, 1.165) is 10.5 Å². The van der Waals surface area contributed by atoms with Crippen molar-refractivity contribution in [2.24, 2.45) is 0 Å². The van der Waals surface area contributed by atoms with Crippen LogP contribution < -0.4 is 14.8 Å². The molecule has 0 radical (unpaired) electrons. The maximum absolute atomic E-state index is 13.6. The molecule has 9 nitrogen and oxygen atoms in total. The molecule has 0 bridgehead atoms. The van der Waals surface area contributed by atoms with Gasteiger partial charge in [0.25, 0.3) is 17.7 Å². The van der Waals surface area contributed by atoms with Crippen LogP contribution in [0.1, 0.15) is 49.5 Å². The van der Waals surface area contributed by atoms with Gasteiger partial charge in [-0.05, 0) is 48.7 Å². The number of fused-ring (bicyclic) bond motifs is 1. The van der Waals surface area contributed by atoms with E-state index in [1.54, 1.807) is 47.4 Å². The monoisotopic (exact) mass is 541 g/mol. The molecule has 2 aliphatic heterocycles. The minimum atomic E-state index is -0.999. The zero-order valence-electron chi connectivity index (χ0n) is 22.5. The van der Waals surface area contributed by atoms with E-state index < -0.39 is 17.9 Å². The molecule has 0 saturated carbocycles. The molecule has 1 fully saturated rings. The largest absolute Gasteiger partial charge is 0.493 e. The van der Waals surface area contributed by atoms with E-state index in [2.05, 4.69) is 5.32 Å². The van der Waals surface area contributed by atoms with Gasteiger partial charge in [0, 0.05) is 31.1 Å². The molecule has 0 aliphatic carbocycles. The van der Waals surface area contributed by atoms with E-state index in [4.69, 9.17) is 9.47 Å². The van der Waals surface area contributed by atoms with Gasteiger partial charge in [0.15, 0.2) is 11.5 Å². The van der Waals surface area contributed by atoms with Crippen LogP contribution in [-0.2, 0) is 11.2 Å². The number of imide groups is 1. The number of carbonyl (C=O) groups is 4. The van der Waals surface area contributed by atoms with Gasteiger partial charge in [-0.25, -0.2) is 0 Å². The van der Waals surface area contributed by atoms with Crippen LogP contribution in [0.15, 0.2) is 72.8 Å². The quantitative estimate of drug-likeness (QED) is 0.439. The summed E-state index contributed by atoms with van der Waals surface area (Å²) in [7, 11) is 3.06. The van der Waals surface area contributed by atoms with Crippen molar-refractivity contribution in [3.8, 4) is 11.5 Å². The second kappa shape index (κ2) is 11.6. The van der Waals surface area contributed by atoms with Crippen molar-refractivity contribution in [2.75, 3.05) is 27.3 Å². The Hall–Kier alpha value is -4.66. The molecule has 1 saturated heterocycles. The van der Waals surface area contributed by atoms with Gasteiger partial charge in [-0.3, -0.25) is 24.1 Å². The Kier molecular flexibility index (Phi) is 7.82. The first-order chi connectivity index (χ1) is 19.4. The average Bonchev–Trinajstić information content (AvgIpc) is 3.25. The van der Waals surface area contributed by atoms with Crippen molar-refractivity contribution in [1.29, 1.82) is 0 Å². The van der Waals surface area contributed by atoms with Crippen LogP contribution in [0.5, 0.6) is 11.5 Å². The number of carbonyl (C=O) groups excluding carboxylic acids is 4. The van der Waals surface area contributed by atoms with Crippen molar-refractivity contribution in [2.45, 2.75) is 31.3 Å². The summed E-state index contributed by atoms with van der Waals surface area (Å²) in [4.78, 5) is 56.1. The van der Waals surface area contributed by atoms with Crippen molar-refractivity contribution in [3.63, 3.8) is 0 Å². The van der Waals surface area contributed by atoms with E-state index in [0.29, 0.717) is 54.1 Å². The summed E-state index contributed by atoms with van der Waals surface area (Å²) in [5, 5.41) is 3.06. The van der Waals surface area contributed by atoms with E-state index in [1.807, 2.05) is 30.3 Å². The van der Waals surface area contributed by atoms with Gasteiger partial charge in [0.2, 0.25) is 5.91 Å². The molecule has 5 rings (SSSR count). The normalized spacial score (nSPS) is 15.9. The molecule has 1 N–H and O–H groups in total. The minimum absolute atomic E-state index is 0.126. The van der Waals surface area contributed by atoms with Crippen LogP contribution in [0.25, 0.3) is 0 Å². The Labute approximate surface area is 232 Å². The summed E-state index contributed by atoms with van der Waals surface area (Å²) in [5.74, 6) is -0.419. The average molecular weight is 542 g/mol. The topological polar surface area (TPSA) is 105 Å². The molecular formula is C31H31N3O6. The number of nitrogens with zero attached hydrogens (tertiary/aromatic N) is 2. The minimum Gasteiger partial charge on any atom is -0.493 e. The maximum atomic E-state index is 13.6. The second-order valence-corrected chi connectivity index (χ2v) is 9.88. The second-order valence-electron chi connectivity index (χ2n) is 9.88. The number of hydrogen-bond acceptors (Lipinski definition) is 6. The van der Waals surface area contributed by atoms with Gasteiger partial charge in [-0.1, -0.05) is 42.5 Å². The first kappa shape index (κ1) is 26.9. The molecule has 3 aromatic carbocycles.